The van der Waals surface area contributed by atoms with Gasteiger partial charge in [0.15, 0.2) is 5.69 Å². The third kappa shape index (κ3) is 3.18. The Bertz CT molecular complexity index is 409. The van der Waals surface area contributed by atoms with E-state index >= 15 is 0 Å². The molecule has 100 valence electrons. The van der Waals surface area contributed by atoms with E-state index in [-0.39, 0.29) is 11.1 Å². The molecule has 1 atom stereocenters. The molecule has 0 saturated heterocycles. The van der Waals surface area contributed by atoms with Crippen LogP contribution in [0.2, 0.25) is 0 Å². The Balaban J connectivity index is 2.89. The molecule has 0 aromatic carbocycles. The zero-order valence-corrected chi connectivity index (χ0v) is 11.9. The summed E-state index contributed by atoms with van der Waals surface area (Å²) in [6.07, 6.45) is 3.03. The summed E-state index contributed by atoms with van der Waals surface area (Å²) in [5.74, 6) is 0.269. The van der Waals surface area contributed by atoms with Crippen molar-refractivity contribution in [2.75, 3.05) is 19.1 Å². The molecule has 1 unspecified atom stereocenters. The van der Waals surface area contributed by atoms with Gasteiger partial charge in [0.05, 0.1) is 19.5 Å². The van der Waals surface area contributed by atoms with Gasteiger partial charge in [-0.05, 0) is 12.3 Å². The molecule has 0 fully saturated rings. The van der Waals surface area contributed by atoms with Crippen LogP contribution in [0.1, 0.15) is 38.2 Å². The van der Waals surface area contributed by atoms with Gasteiger partial charge >= 0.3 is 5.97 Å². The number of aromatic nitrogens is 2. The van der Waals surface area contributed by atoms with Crippen LogP contribution < -0.4 is 4.90 Å². The second kappa shape index (κ2) is 5.33. The molecule has 1 heterocycles. The molecule has 1 aromatic heterocycles. The van der Waals surface area contributed by atoms with E-state index in [4.69, 9.17) is 0 Å². The lowest BCUT2D eigenvalue weighted by molar-refractivity contribution is 0.0593. The fourth-order valence-electron chi connectivity index (χ4n) is 1.49. The van der Waals surface area contributed by atoms with Crippen molar-refractivity contribution in [3.8, 4) is 0 Å². The zero-order valence-electron chi connectivity index (χ0n) is 11.9. The molecule has 18 heavy (non-hydrogen) atoms. The summed E-state index contributed by atoms with van der Waals surface area (Å²) in [5, 5.41) is 0. The molecule has 5 nitrogen and oxygen atoms in total. The van der Waals surface area contributed by atoms with Crippen molar-refractivity contribution in [2.45, 2.75) is 33.7 Å². The van der Waals surface area contributed by atoms with E-state index in [2.05, 4.69) is 42.4 Å². The maximum Gasteiger partial charge on any atom is 0.358 e. The van der Waals surface area contributed by atoms with Crippen molar-refractivity contribution in [3.63, 3.8) is 0 Å². The smallest absolute Gasteiger partial charge is 0.358 e. The molecule has 0 aliphatic carbocycles. The Morgan fingerprint density at radius 3 is 2.33 bits per heavy atom. The first-order chi connectivity index (χ1) is 8.27. The summed E-state index contributed by atoms with van der Waals surface area (Å²) < 4.78 is 4.58. The Morgan fingerprint density at radius 1 is 1.33 bits per heavy atom. The van der Waals surface area contributed by atoms with Crippen LogP contribution in [0.5, 0.6) is 0 Å². The molecule has 0 amide bonds. The average molecular weight is 251 g/mol. The van der Waals surface area contributed by atoms with Gasteiger partial charge in [0, 0.05) is 13.1 Å². The van der Waals surface area contributed by atoms with Crippen LogP contribution in [0, 0.1) is 5.41 Å². The highest BCUT2D eigenvalue weighted by molar-refractivity contribution is 5.86. The van der Waals surface area contributed by atoms with E-state index in [1.165, 1.54) is 13.3 Å². The van der Waals surface area contributed by atoms with Crippen LogP contribution >= 0.6 is 0 Å². The lowest BCUT2D eigenvalue weighted by atomic mass is 9.87. The van der Waals surface area contributed by atoms with Crippen molar-refractivity contribution in [1.29, 1.82) is 0 Å². The number of hydrogen-bond acceptors (Lipinski definition) is 5. The second-order valence-electron chi connectivity index (χ2n) is 5.40. The van der Waals surface area contributed by atoms with Crippen molar-refractivity contribution >= 4 is 11.8 Å². The quantitative estimate of drug-likeness (QED) is 0.770. The van der Waals surface area contributed by atoms with Crippen molar-refractivity contribution in [2.24, 2.45) is 5.41 Å². The third-order valence-electron chi connectivity index (χ3n) is 3.23. The van der Waals surface area contributed by atoms with Crippen LogP contribution in [0.4, 0.5) is 5.82 Å². The largest absolute Gasteiger partial charge is 0.464 e. The number of esters is 1. The number of methoxy groups -OCH3 is 1. The molecule has 0 aliphatic rings. The highest BCUT2D eigenvalue weighted by Gasteiger charge is 2.25. The SMILES string of the molecule is COC(=O)c1cnc(N(C)C(C)C(C)(C)C)cn1. The number of ether oxygens (including phenoxy) is 1. The monoisotopic (exact) mass is 251 g/mol. The molecular formula is C13H21N3O2. The zero-order chi connectivity index (χ0) is 13.9. The molecule has 0 bridgehead atoms. The summed E-state index contributed by atoms with van der Waals surface area (Å²) >= 11 is 0. The van der Waals surface area contributed by atoms with E-state index in [1.807, 2.05) is 11.9 Å². The van der Waals surface area contributed by atoms with Gasteiger partial charge < -0.3 is 9.64 Å². The van der Waals surface area contributed by atoms with Gasteiger partial charge in [0.1, 0.15) is 5.82 Å². The van der Waals surface area contributed by atoms with Crippen LogP contribution in [0.15, 0.2) is 12.4 Å². The minimum atomic E-state index is -0.472. The van der Waals surface area contributed by atoms with Crippen molar-refractivity contribution in [3.05, 3.63) is 18.1 Å². The van der Waals surface area contributed by atoms with Gasteiger partial charge in [-0.25, -0.2) is 14.8 Å². The van der Waals surface area contributed by atoms with E-state index in [0.29, 0.717) is 6.04 Å². The summed E-state index contributed by atoms with van der Waals surface area (Å²) in [5.41, 5.74) is 0.357. The lowest BCUT2D eigenvalue weighted by Gasteiger charge is -2.35. The molecule has 0 spiro atoms. The molecule has 5 heteroatoms. The van der Waals surface area contributed by atoms with Gasteiger partial charge in [-0.3, -0.25) is 0 Å². The standard InChI is InChI=1S/C13H21N3O2/c1-9(13(2,3)4)16(5)11-8-14-10(7-15-11)12(17)18-6/h7-9H,1-6H3. The fraction of sp³-hybridized carbons (Fsp3) is 0.615. The Kier molecular flexibility index (Phi) is 4.27. The minimum Gasteiger partial charge on any atom is -0.464 e. The molecule has 1 rings (SSSR count). The van der Waals surface area contributed by atoms with Crippen molar-refractivity contribution < 1.29 is 9.53 Å². The van der Waals surface area contributed by atoms with Gasteiger partial charge in [-0.1, -0.05) is 20.8 Å². The van der Waals surface area contributed by atoms with Gasteiger partial charge in [-0.2, -0.15) is 0 Å². The van der Waals surface area contributed by atoms with E-state index in [1.54, 1.807) is 6.20 Å². The summed E-state index contributed by atoms with van der Waals surface area (Å²) in [7, 11) is 3.30. The predicted octanol–water partition coefficient (Wildman–Crippen LogP) is 2.13. The number of carbonyl (C=O) groups excluding carboxylic acids is 1. The predicted molar refractivity (Wildman–Crippen MR) is 70.7 cm³/mol. The van der Waals surface area contributed by atoms with Gasteiger partial charge in [0.2, 0.25) is 0 Å². The average Bonchev–Trinajstić information content (AvgIpc) is 2.35. The molecule has 1 aromatic rings. The summed E-state index contributed by atoms with van der Waals surface area (Å²) in [4.78, 5) is 21.6. The first-order valence-corrected chi connectivity index (χ1v) is 5.90. The van der Waals surface area contributed by atoms with E-state index in [9.17, 15) is 4.79 Å². The van der Waals surface area contributed by atoms with Gasteiger partial charge in [-0.15, -0.1) is 0 Å². The molecule has 0 aliphatic heterocycles. The number of anilines is 1. The molecule has 0 radical (unpaired) electrons. The van der Waals surface area contributed by atoms with Crippen LogP contribution in [0.25, 0.3) is 0 Å². The van der Waals surface area contributed by atoms with Gasteiger partial charge in [0.25, 0.3) is 0 Å². The van der Waals surface area contributed by atoms with E-state index < -0.39 is 5.97 Å². The first-order valence-electron chi connectivity index (χ1n) is 5.90. The highest BCUT2D eigenvalue weighted by Crippen LogP contribution is 2.25. The highest BCUT2D eigenvalue weighted by atomic mass is 16.5. The number of nitrogens with zero attached hydrogens (tertiary/aromatic N) is 3. The van der Waals surface area contributed by atoms with Crippen LogP contribution in [-0.4, -0.2) is 36.1 Å². The lowest BCUT2D eigenvalue weighted by Crippen LogP contribution is -2.39. The van der Waals surface area contributed by atoms with E-state index in [0.717, 1.165) is 5.82 Å². The Hall–Kier alpha value is -1.65. The fourth-order valence-corrected chi connectivity index (χ4v) is 1.49. The molecule has 0 saturated carbocycles. The maximum atomic E-state index is 11.2. The summed E-state index contributed by atoms with van der Waals surface area (Å²) in [6.45, 7) is 8.65. The number of rotatable bonds is 3. The maximum absolute atomic E-state index is 11.2. The van der Waals surface area contributed by atoms with Crippen molar-refractivity contribution in [1.82, 2.24) is 9.97 Å². The number of carbonyl (C=O) groups is 1. The number of hydrogen-bond donors (Lipinski definition) is 0. The van der Waals surface area contributed by atoms with Crippen LogP contribution in [0.3, 0.4) is 0 Å². The third-order valence-corrected chi connectivity index (χ3v) is 3.23. The topological polar surface area (TPSA) is 55.3 Å². The second-order valence-corrected chi connectivity index (χ2v) is 5.40. The summed E-state index contributed by atoms with van der Waals surface area (Å²) in [6, 6.07) is 0.302. The first kappa shape index (κ1) is 14.4. The molecule has 0 N–H and O–H groups in total. The Labute approximate surface area is 108 Å². The minimum absolute atomic E-state index is 0.136. The van der Waals surface area contributed by atoms with Crippen LogP contribution in [-0.2, 0) is 4.74 Å². The Morgan fingerprint density at radius 2 is 1.94 bits per heavy atom. The molecular weight excluding hydrogens is 230 g/mol. The normalized spacial score (nSPS) is 13.0.